The van der Waals surface area contributed by atoms with Gasteiger partial charge in [0.1, 0.15) is 5.01 Å². The molecular formula is C27H31N3O2S. The summed E-state index contributed by atoms with van der Waals surface area (Å²) in [5.41, 5.74) is 3.57. The number of amides is 2. The molecule has 0 spiro atoms. The first-order chi connectivity index (χ1) is 16.2. The van der Waals surface area contributed by atoms with Crippen LogP contribution in [0.25, 0.3) is 20.8 Å². The molecule has 5 rings (SSSR count). The summed E-state index contributed by atoms with van der Waals surface area (Å²) in [7, 11) is 0. The molecule has 6 heteroatoms. The molecule has 5 nitrogen and oxygen atoms in total. The predicted molar refractivity (Wildman–Crippen MR) is 135 cm³/mol. The first-order valence-electron chi connectivity index (χ1n) is 12.3. The number of carbonyl (C=O) groups excluding carboxylic acids is 2. The number of carbonyl (C=O) groups is 2. The van der Waals surface area contributed by atoms with E-state index >= 15 is 0 Å². The van der Waals surface area contributed by atoms with Gasteiger partial charge in [0, 0.05) is 28.8 Å². The minimum Gasteiger partial charge on any atom is -0.326 e. The number of rotatable bonds is 5. The van der Waals surface area contributed by atoms with E-state index in [4.69, 9.17) is 4.98 Å². The molecule has 0 aliphatic heterocycles. The summed E-state index contributed by atoms with van der Waals surface area (Å²) in [6, 6.07) is 13.9. The lowest BCUT2D eigenvalue weighted by Gasteiger charge is -2.20. The second kappa shape index (κ2) is 10.0. The van der Waals surface area contributed by atoms with Crippen LogP contribution in [-0.4, -0.2) is 16.8 Å². The van der Waals surface area contributed by atoms with E-state index in [0.29, 0.717) is 0 Å². The lowest BCUT2D eigenvalue weighted by molar-refractivity contribution is -0.121. The Bertz CT molecular complexity index is 1140. The molecule has 2 aromatic carbocycles. The fraction of sp³-hybridized carbons (Fsp3) is 0.444. The molecule has 0 atom stereocenters. The van der Waals surface area contributed by atoms with Crippen molar-refractivity contribution in [3.8, 4) is 10.6 Å². The highest BCUT2D eigenvalue weighted by Crippen LogP contribution is 2.34. The summed E-state index contributed by atoms with van der Waals surface area (Å²) in [5, 5.41) is 7.13. The molecule has 2 fully saturated rings. The summed E-state index contributed by atoms with van der Waals surface area (Å²) in [6.07, 6.45) is 11.0. The van der Waals surface area contributed by atoms with Gasteiger partial charge in [-0.1, -0.05) is 50.7 Å². The maximum absolute atomic E-state index is 12.6. The van der Waals surface area contributed by atoms with E-state index in [0.717, 1.165) is 83.5 Å². The van der Waals surface area contributed by atoms with Crippen LogP contribution < -0.4 is 10.6 Å². The van der Waals surface area contributed by atoms with Crippen LogP contribution in [0.2, 0.25) is 0 Å². The highest BCUT2D eigenvalue weighted by atomic mass is 32.1. The molecule has 3 aromatic rings. The van der Waals surface area contributed by atoms with Crippen LogP contribution in [0.3, 0.4) is 0 Å². The highest BCUT2D eigenvalue weighted by Gasteiger charge is 2.22. The van der Waals surface area contributed by atoms with Gasteiger partial charge < -0.3 is 10.6 Å². The van der Waals surface area contributed by atoms with Crippen molar-refractivity contribution in [1.82, 2.24) is 4.98 Å². The summed E-state index contributed by atoms with van der Waals surface area (Å²) < 4.78 is 1.04. The van der Waals surface area contributed by atoms with Gasteiger partial charge in [0.25, 0.3) is 0 Å². The number of hydrogen-bond acceptors (Lipinski definition) is 4. The average molecular weight is 462 g/mol. The monoisotopic (exact) mass is 461 g/mol. The summed E-state index contributed by atoms with van der Waals surface area (Å²) in [4.78, 5) is 30.0. The van der Waals surface area contributed by atoms with Gasteiger partial charge in [0.15, 0.2) is 0 Å². The molecule has 172 valence electrons. The second-order valence-corrected chi connectivity index (χ2v) is 10.5. The summed E-state index contributed by atoms with van der Waals surface area (Å²) >= 11 is 1.61. The van der Waals surface area contributed by atoms with Crippen molar-refractivity contribution in [3.63, 3.8) is 0 Å². The molecule has 1 heterocycles. The Hall–Kier alpha value is -2.73. The fourth-order valence-corrected chi connectivity index (χ4v) is 6.08. The molecule has 2 aliphatic carbocycles. The van der Waals surface area contributed by atoms with Crippen LogP contribution in [0.15, 0.2) is 42.5 Å². The van der Waals surface area contributed by atoms with Crippen LogP contribution in [0.5, 0.6) is 0 Å². The molecule has 0 bridgehead atoms. The van der Waals surface area contributed by atoms with E-state index in [2.05, 4.69) is 10.6 Å². The van der Waals surface area contributed by atoms with Crippen molar-refractivity contribution < 1.29 is 9.59 Å². The third-order valence-corrected chi connectivity index (χ3v) is 8.05. The Labute approximate surface area is 199 Å². The molecule has 2 saturated carbocycles. The van der Waals surface area contributed by atoms with Crippen molar-refractivity contribution >= 4 is 44.7 Å². The molecule has 0 saturated heterocycles. The van der Waals surface area contributed by atoms with Gasteiger partial charge in [0.05, 0.1) is 10.2 Å². The Morgan fingerprint density at radius 1 is 0.758 bits per heavy atom. The average Bonchev–Trinajstić information content (AvgIpc) is 3.29. The minimum absolute atomic E-state index is 0.132. The van der Waals surface area contributed by atoms with E-state index in [1.54, 1.807) is 11.3 Å². The number of nitrogens with zero attached hydrogens (tertiary/aromatic N) is 1. The van der Waals surface area contributed by atoms with Crippen molar-refractivity contribution in [2.75, 3.05) is 10.6 Å². The van der Waals surface area contributed by atoms with Crippen LogP contribution in [0.4, 0.5) is 11.4 Å². The number of fused-ring (bicyclic) bond motifs is 1. The molecule has 1 aromatic heterocycles. The van der Waals surface area contributed by atoms with Gasteiger partial charge in [-0.25, -0.2) is 4.98 Å². The molecule has 33 heavy (non-hydrogen) atoms. The molecule has 0 radical (unpaired) electrons. The van der Waals surface area contributed by atoms with E-state index in [-0.39, 0.29) is 23.7 Å². The smallest absolute Gasteiger partial charge is 0.227 e. The standard InChI is InChI=1S/C27H31N3O2S/c31-25(18-8-3-1-4-9-18)28-21-13-7-12-20(16-21)27-30-23-15-14-22(17-24(23)33-27)29-26(32)19-10-5-2-6-11-19/h7,12-19H,1-6,8-11H2,(H,28,31)(H,29,32). The van der Waals surface area contributed by atoms with Gasteiger partial charge in [-0.05, 0) is 56.0 Å². The number of nitrogens with one attached hydrogen (secondary N) is 2. The van der Waals surface area contributed by atoms with E-state index in [1.165, 1.54) is 12.8 Å². The van der Waals surface area contributed by atoms with Gasteiger partial charge in [0.2, 0.25) is 11.8 Å². The van der Waals surface area contributed by atoms with Crippen LogP contribution in [0.1, 0.15) is 64.2 Å². The Morgan fingerprint density at radius 2 is 1.36 bits per heavy atom. The number of hydrogen-bond donors (Lipinski definition) is 2. The molecule has 2 amide bonds. The third-order valence-electron chi connectivity index (χ3n) is 6.98. The highest BCUT2D eigenvalue weighted by molar-refractivity contribution is 7.21. The number of aromatic nitrogens is 1. The van der Waals surface area contributed by atoms with Gasteiger partial charge in [-0.2, -0.15) is 0 Å². The molecule has 2 aliphatic rings. The van der Waals surface area contributed by atoms with Crippen molar-refractivity contribution in [2.45, 2.75) is 64.2 Å². The molecule has 0 unspecified atom stereocenters. The van der Waals surface area contributed by atoms with Gasteiger partial charge in [-0.15, -0.1) is 11.3 Å². The quantitative estimate of drug-likeness (QED) is 0.430. The number of anilines is 2. The normalized spacial score (nSPS) is 17.7. The van der Waals surface area contributed by atoms with Crippen LogP contribution in [0, 0.1) is 11.8 Å². The number of benzene rings is 2. The van der Waals surface area contributed by atoms with Gasteiger partial charge in [-0.3, -0.25) is 9.59 Å². The zero-order chi connectivity index (χ0) is 22.6. The SMILES string of the molecule is O=C(Nc1cccc(-c2nc3ccc(NC(=O)C4CCCCC4)cc3s2)c1)C1CCCCC1. The predicted octanol–water partition coefficient (Wildman–Crippen LogP) is 7.00. The second-order valence-electron chi connectivity index (χ2n) is 9.43. The fourth-order valence-electron chi connectivity index (χ4n) is 5.07. The first-order valence-corrected chi connectivity index (χ1v) is 13.1. The largest absolute Gasteiger partial charge is 0.326 e. The lowest BCUT2D eigenvalue weighted by atomic mass is 9.88. The lowest BCUT2D eigenvalue weighted by Crippen LogP contribution is -2.24. The Balaban J connectivity index is 1.30. The third kappa shape index (κ3) is 5.27. The Kier molecular flexibility index (Phi) is 6.72. The maximum atomic E-state index is 12.6. The van der Waals surface area contributed by atoms with Crippen molar-refractivity contribution in [2.24, 2.45) is 11.8 Å². The molecule has 2 N–H and O–H groups in total. The molecular weight excluding hydrogens is 430 g/mol. The minimum atomic E-state index is 0.132. The summed E-state index contributed by atoms with van der Waals surface area (Å²) in [6.45, 7) is 0. The zero-order valence-corrected chi connectivity index (χ0v) is 19.8. The number of thiazole rings is 1. The Morgan fingerprint density at radius 3 is 2.00 bits per heavy atom. The van der Waals surface area contributed by atoms with Crippen molar-refractivity contribution in [3.05, 3.63) is 42.5 Å². The van der Waals surface area contributed by atoms with E-state index < -0.39 is 0 Å². The maximum Gasteiger partial charge on any atom is 0.227 e. The zero-order valence-electron chi connectivity index (χ0n) is 18.9. The van der Waals surface area contributed by atoms with E-state index in [1.807, 2.05) is 42.5 Å². The van der Waals surface area contributed by atoms with E-state index in [9.17, 15) is 9.59 Å². The van der Waals surface area contributed by atoms with Crippen LogP contribution in [-0.2, 0) is 9.59 Å². The van der Waals surface area contributed by atoms with Crippen molar-refractivity contribution in [1.29, 1.82) is 0 Å². The van der Waals surface area contributed by atoms with Gasteiger partial charge >= 0.3 is 0 Å². The summed E-state index contributed by atoms with van der Waals surface area (Å²) in [5.74, 6) is 0.542. The first kappa shape index (κ1) is 22.1. The topological polar surface area (TPSA) is 71.1 Å². The van der Waals surface area contributed by atoms with Crippen LogP contribution >= 0.6 is 11.3 Å².